The standard InChI is InChI=1S/C22H23N3O3/c26-21(23-16-11-10-15(14-16)22(27)28)13-12-20-24-18-8-4-5-9-19(18)25(20)17-6-2-1-3-7-17/h1-9,15-16H,10-14H2,(H,23,26)(H,27,28)/t15-,16+/m0/s1. The number of amides is 1. The predicted molar refractivity (Wildman–Crippen MR) is 106 cm³/mol. The molecular formula is C22H23N3O3. The van der Waals surface area contributed by atoms with E-state index >= 15 is 0 Å². The van der Waals surface area contributed by atoms with Gasteiger partial charge < -0.3 is 10.4 Å². The van der Waals surface area contributed by atoms with Gasteiger partial charge >= 0.3 is 5.97 Å². The number of carbonyl (C=O) groups is 2. The Morgan fingerprint density at radius 3 is 2.57 bits per heavy atom. The molecule has 1 aliphatic carbocycles. The molecule has 0 spiro atoms. The minimum Gasteiger partial charge on any atom is -0.481 e. The lowest BCUT2D eigenvalue weighted by Gasteiger charge is -2.13. The number of aryl methyl sites for hydroxylation is 1. The van der Waals surface area contributed by atoms with Crippen LogP contribution in [0, 0.1) is 5.92 Å². The summed E-state index contributed by atoms with van der Waals surface area (Å²) in [6.07, 6.45) is 2.72. The lowest BCUT2D eigenvalue weighted by atomic mass is 10.1. The van der Waals surface area contributed by atoms with Crippen molar-refractivity contribution in [2.75, 3.05) is 0 Å². The number of imidazole rings is 1. The fourth-order valence-corrected chi connectivity index (χ4v) is 3.97. The van der Waals surface area contributed by atoms with Crippen molar-refractivity contribution in [3.8, 4) is 5.69 Å². The number of carboxylic acids is 1. The molecule has 0 radical (unpaired) electrons. The highest BCUT2D eigenvalue weighted by molar-refractivity contribution is 5.79. The second-order valence-electron chi connectivity index (χ2n) is 7.30. The third-order valence-corrected chi connectivity index (χ3v) is 5.37. The maximum absolute atomic E-state index is 12.4. The molecule has 1 saturated carbocycles. The van der Waals surface area contributed by atoms with E-state index in [4.69, 9.17) is 10.1 Å². The van der Waals surface area contributed by atoms with E-state index in [2.05, 4.69) is 9.88 Å². The first-order chi connectivity index (χ1) is 13.6. The number of hydrogen-bond donors (Lipinski definition) is 2. The smallest absolute Gasteiger partial charge is 0.306 e. The summed E-state index contributed by atoms with van der Waals surface area (Å²) in [5, 5.41) is 12.1. The predicted octanol–water partition coefficient (Wildman–Crippen LogP) is 3.33. The molecule has 0 saturated heterocycles. The molecule has 1 heterocycles. The number of benzene rings is 2. The van der Waals surface area contributed by atoms with Crippen molar-refractivity contribution in [2.45, 2.75) is 38.1 Å². The summed E-state index contributed by atoms with van der Waals surface area (Å²) in [5.74, 6) is -0.319. The van der Waals surface area contributed by atoms with Crippen molar-refractivity contribution in [3.63, 3.8) is 0 Å². The Morgan fingerprint density at radius 2 is 1.82 bits per heavy atom. The zero-order valence-electron chi connectivity index (χ0n) is 15.5. The molecule has 6 heteroatoms. The number of rotatable bonds is 6. The van der Waals surface area contributed by atoms with Crippen molar-refractivity contribution in [3.05, 3.63) is 60.4 Å². The molecule has 144 valence electrons. The van der Waals surface area contributed by atoms with Crippen LogP contribution in [0.1, 0.15) is 31.5 Å². The highest BCUT2D eigenvalue weighted by atomic mass is 16.4. The number of nitrogens with zero attached hydrogens (tertiary/aromatic N) is 2. The molecule has 0 aliphatic heterocycles. The maximum atomic E-state index is 12.4. The van der Waals surface area contributed by atoms with Crippen molar-refractivity contribution in [1.82, 2.24) is 14.9 Å². The monoisotopic (exact) mass is 377 g/mol. The van der Waals surface area contributed by atoms with E-state index in [-0.39, 0.29) is 17.9 Å². The van der Waals surface area contributed by atoms with Crippen molar-refractivity contribution in [1.29, 1.82) is 0 Å². The first-order valence-electron chi connectivity index (χ1n) is 9.66. The van der Waals surface area contributed by atoms with Crippen LogP contribution in [-0.4, -0.2) is 32.6 Å². The normalized spacial score (nSPS) is 19.0. The summed E-state index contributed by atoms with van der Waals surface area (Å²) in [6, 6.07) is 17.9. The highest BCUT2D eigenvalue weighted by Gasteiger charge is 2.30. The number of aromatic nitrogens is 2. The van der Waals surface area contributed by atoms with E-state index in [1.165, 1.54) is 0 Å². The lowest BCUT2D eigenvalue weighted by Crippen LogP contribution is -2.33. The van der Waals surface area contributed by atoms with Crippen LogP contribution in [0.4, 0.5) is 0 Å². The van der Waals surface area contributed by atoms with Crippen LogP contribution in [0.2, 0.25) is 0 Å². The molecule has 1 amide bonds. The molecule has 0 unspecified atom stereocenters. The second-order valence-corrected chi connectivity index (χ2v) is 7.30. The first-order valence-corrected chi connectivity index (χ1v) is 9.66. The summed E-state index contributed by atoms with van der Waals surface area (Å²) in [5.41, 5.74) is 2.94. The lowest BCUT2D eigenvalue weighted by molar-refractivity contribution is -0.141. The van der Waals surface area contributed by atoms with Gasteiger partial charge in [0, 0.05) is 24.6 Å². The topological polar surface area (TPSA) is 84.2 Å². The Hall–Kier alpha value is -3.15. The fourth-order valence-electron chi connectivity index (χ4n) is 3.97. The SMILES string of the molecule is O=C(CCc1nc2ccccc2n1-c1ccccc1)N[C@@H]1CC[C@H](C(=O)O)C1. The number of carboxylic acid groups (broad SMARTS) is 1. The van der Waals surface area contributed by atoms with Gasteiger partial charge in [-0.2, -0.15) is 0 Å². The van der Waals surface area contributed by atoms with Gasteiger partial charge in [0.2, 0.25) is 5.91 Å². The van der Waals surface area contributed by atoms with Crippen LogP contribution in [0.25, 0.3) is 16.7 Å². The molecule has 2 N–H and O–H groups in total. The van der Waals surface area contributed by atoms with Gasteiger partial charge in [0.25, 0.3) is 0 Å². The van der Waals surface area contributed by atoms with E-state index in [1.54, 1.807) is 0 Å². The van der Waals surface area contributed by atoms with Crippen molar-refractivity contribution < 1.29 is 14.7 Å². The minimum atomic E-state index is -0.770. The molecule has 0 bridgehead atoms. The van der Waals surface area contributed by atoms with Gasteiger partial charge in [-0.3, -0.25) is 14.2 Å². The van der Waals surface area contributed by atoms with Gasteiger partial charge in [0.15, 0.2) is 0 Å². The van der Waals surface area contributed by atoms with Crippen LogP contribution in [0.15, 0.2) is 54.6 Å². The Kier molecular flexibility index (Phi) is 5.10. The molecule has 1 fully saturated rings. The van der Waals surface area contributed by atoms with Crippen LogP contribution in [-0.2, 0) is 16.0 Å². The minimum absolute atomic E-state index is 0.0402. The largest absolute Gasteiger partial charge is 0.481 e. The van der Waals surface area contributed by atoms with Gasteiger partial charge in [0.05, 0.1) is 17.0 Å². The summed E-state index contributed by atoms with van der Waals surface area (Å²) in [4.78, 5) is 28.2. The number of hydrogen-bond acceptors (Lipinski definition) is 3. The Morgan fingerprint density at radius 1 is 1.07 bits per heavy atom. The number of nitrogens with one attached hydrogen (secondary N) is 1. The van der Waals surface area contributed by atoms with E-state index in [0.717, 1.165) is 29.0 Å². The van der Waals surface area contributed by atoms with E-state index in [1.807, 2.05) is 54.6 Å². The second kappa shape index (κ2) is 7.84. The highest BCUT2D eigenvalue weighted by Crippen LogP contribution is 2.26. The first kappa shape index (κ1) is 18.2. The zero-order valence-corrected chi connectivity index (χ0v) is 15.5. The third kappa shape index (κ3) is 3.76. The van der Waals surface area contributed by atoms with Crippen LogP contribution in [0.5, 0.6) is 0 Å². The van der Waals surface area contributed by atoms with Gasteiger partial charge in [-0.15, -0.1) is 0 Å². The summed E-state index contributed by atoms with van der Waals surface area (Å²) in [6.45, 7) is 0. The van der Waals surface area contributed by atoms with Crippen molar-refractivity contribution >= 4 is 22.9 Å². The van der Waals surface area contributed by atoms with Gasteiger partial charge in [-0.1, -0.05) is 30.3 Å². The third-order valence-electron chi connectivity index (χ3n) is 5.37. The van der Waals surface area contributed by atoms with E-state index in [9.17, 15) is 9.59 Å². The number of aliphatic carboxylic acids is 1. The Bertz CT molecular complexity index is 997. The Balaban J connectivity index is 1.48. The quantitative estimate of drug-likeness (QED) is 0.690. The van der Waals surface area contributed by atoms with Gasteiger partial charge in [-0.05, 0) is 43.5 Å². The van der Waals surface area contributed by atoms with Crippen LogP contribution in [0.3, 0.4) is 0 Å². The number of carbonyl (C=O) groups excluding carboxylic acids is 1. The van der Waals surface area contributed by atoms with E-state index in [0.29, 0.717) is 25.7 Å². The molecule has 4 rings (SSSR count). The summed E-state index contributed by atoms with van der Waals surface area (Å²) in [7, 11) is 0. The average molecular weight is 377 g/mol. The van der Waals surface area contributed by atoms with Gasteiger partial charge in [-0.25, -0.2) is 4.98 Å². The molecule has 6 nitrogen and oxygen atoms in total. The number of para-hydroxylation sites is 3. The molecule has 1 aliphatic rings. The van der Waals surface area contributed by atoms with Crippen LogP contribution >= 0.6 is 0 Å². The summed E-state index contributed by atoms with van der Waals surface area (Å²) < 4.78 is 2.10. The molecule has 2 atom stereocenters. The summed E-state index contributed by atoms with van der Waals surface area (Å²) >= 11 is 0. The average Bonchev–Trinajstić information content (AvgIpc) is 3.31. The maximum Gasteiger partial charge on any atom is 0.306 e. The van der Waals surface area contributed by atoms with Gasteiger partial charge in [0.1, 0.15) is 5.82 Å². The molecule has 28 heavy (non-hydrogen) atoms. The van der Waals surface area contributed by atoms with E-state index < -0.39 is 5.97 Å². The Labute approximate surface area is 163 Å². The molecule has 3 aromatic rings. The molecular weight excluding hydrogens is 354 g/mol. The zero-order chi connectivity index (χ0) is 19.5. The molecule has 2 aromatic carbocycles. The van der Waals surface area contributed by atoms with Crippen molar-refractivity contribution in [2.24, 2.45) is 5.92 Å². The van der Waals surface area contributed by atoms with Crippen LogP contribution < -0.4 is 5.32 Å². The molecule has 1 aromatic heterocycles. The number of fused-ring (bicyclic) bond motifs is 1. The fraction of sp³-hybridized carbons (Fsp3) is 0.318.